The number of benzene rings is 2. The molecule has 7 nitrogen and oxygen atoms in total. The van der Waals surface area contributed by atoms with E-state index < -0.39 is 5.63 Å². The average Bonchev–Trinajstić information content (AvgIpc) is 3.23. The van der Waals surface area contributed by atoms with Crippen molar-refractivity contribution < 1.29 is 18.7 Å². The van der Waals surface area contributed by atoms with Gasteiger partial charge in [0.15, 0.2) is 16.5 Å². The summed E-state index contributed by atoms with van der Waals surface area (Å²) in [5.74, 6) is 0.177. The maximum atomic E-state index is 12.6. The second-order valence-corrected chi connectivity index (χ2v) is 7.37. The molecule has 0 saturated carbocycles. The van der Waals surface area contributed by atoms with E-state index in [1.54, 1.807) is 48.7 Å². The first-order valence-corrected chi connectivity index (χ1v) is 10.7. The average molecular weight is 436 g/mol. The first-order chi connectivity index (χ1) is 15.1. The van der Waals surface area contributed by atoms with E-state index in [-0.39, 0.29) is 5.97 Å². The molecule has 0 unspecified atom stereocenters. The molecule has 2 aromatic heterocycles. The lowest BCUT2D eigenvalue weighted by molar-refractivity contribution is 0.0526. The number of esters is 1. The summed E-state index contributed by atoms with van der Waals surface area (Å²) in [5.41, 5.74) is 2.09. The van der Waals surface area contributed by atoms with Crippen molar-refractivity contribution in [3.05, 3.63) is 69.9 Å². The second-order valence-electron chi connectivity index (χ2n) is 6.52. The van der Waals surface area contributed by atoms with E-state index >= 15 is 0 Å². The monoisotopic (exact) mass is 436 g/mol. The third-order valence-electron chi connectivity index (χ3n) is 4.45. The number of rotatable bonds is 7. The summed E-state index contributed by atoms with van der Waals surface area (Å²) >= 11 is 1.36. The van der Waals surface area contributed by atoms with Crippen molar-refractivity contribution in [1.29, 1.82) is 0 Å². The van der Waals surface area contributed by atoms with Gasteiger partial charge in [0.2, 0.25) is 0 Å². The van der Waals surface area contributed by atoms with Gasteiger partial charge in [0.25, 0.3) is 0 Å². The highest BCUT2D eigenvalue weighted by atomic mass is 32.1. The summed E-state index contributed by atoms with van der Waals surface area (Å²) in [6, 6.07) is 14.2. The minimum absolute atomic E-state index is 0.330. The van der Waals surface area contributed by atoms with Crippen LogP contribution in [0.5, 0.6) is 5.75 Å². The fourth-order valence-electron chi connectivity index (χ4n) is 3.05. The number of anilines is 2. The van der Waals surface area contributed by atoms with Gasteiger partial charge in [-0.2, -0.15) is 0 Å². The molecule has 0 fully saturated rings. The van der Waals surface area contributed by atoms with Crippen molar-refractivity contribution in [3.63, 3.8) is 0 Å². The zero-order valence-electron chi connectivity index (χ0n) is 17.0. The molecule has 158 valence electrons. The number of nitrogens with one attached hydrogen (secondary N) is 1. The third kappa shape index (κ3) is 4.44. The topological polar surface area (TPSA) is 90.7 Å². The number of fused-ring (bicyclic) bond motifs is 1. The molecule has 0 atom stereocenters. The molecule has 0 amide bonds. The van der Waals surface area contributed by atoms with Crippen molar-refractivity contribution in [2.24, 2.45) is 0 Å². The molecule has 0 radical (unpaired) electrons. The minimum atomic E-state index is -0.477. The van der Waals surface area contributed by atoms with Gasteiger partial charge in [-0.25, -0.2) is 14.6 Å². The fourth-order valence-corrected chi connectivity index (χ4v) is 3.78. The van der Waals surface area contributed by atoms with Crippen LogP contribution in [0.2, 0.25) is 0 Å². The van der Waals surface area contributed by atoms with Crippen molar-refractivity contribution in [2.45, 2.75) is 13.8 Å². The molecule has 0 spiro atoms. The summed E-state index contributed by atoms with van der Waals surface area (Å²) in [4.78, 5) is 28.9. The maximum absolute atomic E-state index is 12.6. The Morgan fingerprint density at radius 1 is 1.13 bits per heavy atom. The molecular weight excluding hydrogens is 416 g/mol. The van der Waals surface area contributed by atoms with Crippen LogP contribution < -0.4 is 15.7 Å². The number of hydrogen-bond donors (Lipinski definition) is 1. The zero-order chi connectivity index (χ0) is 21.8. The van der Waals surface area contributed by atoms with E-state index in [0.717, 1.165) is 11.1 Å². The van der Waals surface area contributed by atoms with Crippen LogP contribution in [0.1, 0.15) is 24.2 Å². The first-order valence-electron chi connectivity index (χ1n) is 9.78. The van der Waals surface area contributed by atoms with Gasteiger partial charge >= 0.3 is 11.6 Å². The van der Waals surface area contributed by atoms with E-state index in [0.29, 0.717) is 46.5 Å². The number of hydrogen-bond acceptors (Lipinski definition) is 8. The Bertz CT molecular complexity index is 1280. The molecule has 4 rings (SSSR count). The molecule has 8 heteroatoms. The Morgan fingerprint density at radius 3 is 2.68 bits per heavy atom. The predicted molar refractivity (Wildman–Crippen MR) is 120 cm³/mol. The molecule has 1 N–H and O–H groups in total. The standard InChI is InChI=1S/C23H20N2O5S/c1-3-28-19-7-5-6-15-12-17(22(27)30-20(15)19)18-13-31-23(25-18)24-16-10-8-14(9-11-16)21(26)29-4-2/h5-13H,3-4H2,1-2H3,(H,24,25). The highest BCUT2D eigenvalue weighted by molar-refractivity contribution is 7.14. The van der Waals surface area contributed by atoms with Crippen LogP contribution in [0.3, 0.4) is 0 Å². The largest absolute Gasteiger partial charge is 0.490 e. The molecule has 2 aromatic carbocycles. The lowest BCUT2D eigenvalue weighted by Gasteiger charge is -2.06. The third-order valence-corrected chi connectivity index (χ3v) is 5.21. The molecule has 2 heterocycles. The van der Waals surface area contributed by atoms with Crippen LogP contribution >= 0.6 is 11.3 Å². The Kier molecular flexibility index (Phi) is 5.99. The first kappa shape index (κ1) is 20.6. The smallest absolute Gasteiger partial charge is 0.345 e. The number of thiazole rings is 1. The Morgan fingerprint density at radius 2 is 1.94 bits per heavy atom. The highest BCUT2D eigenvalue weighted by Crippen LogP contribution is 2.30. The van der Waals surface area contributed by atoms with Gasteiger partial charge in [-0.1, -0.05) is 12.1 Å². The van der Waals surface area contributed by atoms with Gasteiger partial charge in [0.1, 0.15) is 0 Å². The van der Waals surface area contributed by atoms with Crippen LogP contribution in [-0.2, 0) is 4.74 Å². The lowest BCUT2D eigenvalue weighted by atomic mass is 10.1. The Balaban J connectivity index is 1.57. The summed E-state index contributed by atoms with van der Waals surface area (Å²) in [7, 11) is 0. The molecule has 4 aromatic rings. The van der Waals surface area contributed by atoms with Gasteiger partial charge < -0.3 is 19.2 Å². The molecular formula is C23H20N2O5S. The van der Waals surface area contributed by atoms with Crippen LogP contribution in [0.4, 0.5) is 10.8 Å². The molecule has 31 heavy (non-hydrogen) atoms. The summed E-state index contributed by atoms with van der Waals surface area (Å²) in [6.07, 6.45) is 0. The lowest BCUT2D eigenvalue weighted by Crippen LogP contribution is -2.04. The van der Waals surface area contributed by atoms with E-state index in [2.05, 4.69) is 10.3 Å². The van der Waals surface area contributed by atoms with E-state index in [4.69, 9.17) is 13.9 Å². The van der Waals surface area contributed by atoms with Crippen molar-refractivity contribution in [1.82, 2.24) is 4.98 Å². The molecule has 0 aliphatic carbocycles. The van der Waals surface area contributed by atoms with Crippen LogP contribution in [-0.4, -0.2) is 24.2 Å². The predicted octanol–water partition coefficient (Wildman–Crippen LogP) is 5.24. The number of ether oxygens (including phenoxy) is 2. The Labute approximate surface area is 182 Å². The molecule has 0 saturated heterocycles. The number of aromatic nitrogens is 1. The fraction of sp³-hybridized carbons (Fsp3) is 0.174. The van der Waals surface area contributed by atoms with E-state index in [1.165, 1.54) is 11.3 Å². The molecule has 0 bridgehead atoms. The van der Waals surface area contributed by atoms with Crippen LogP contribution in [0.25, 0.3) is 22.2 Å². The van der Waals surface area contributed by atoms with E-state index in [1.807, 2.05) is 19.1 Å². The Hall–Kier alpha value is -3.65. The number of para-hydroxylation sites is 1. The molecule has 0 aliphatic rings. The van der Waals surface area contributed by atoms with Crippen LogP contribution in [0.15, 0.2) is 63.1 Å². The summed E-state index contributed by atoms with van der Waals surface area (Å²) in [5, 5.41) is 6.34. The minimum Gasteiger partial charge on any atom is -0.490 e. The van der Waals surface area contributed by atoms with Crippen molar-refractivity contribution in [3.8, 4) is 17.0 Å². The van der Waals surface area contributed by atoms with Gasteiger partial charge in [-0.05, 0) is 50.2 Å². The van der Waals surface area contributed by atoms with E-state index in [9.17, 15) is 9.59 Å². The highest BCUT2D eigenvalue weighted by Gasteiger charge is 2.14. The van der Waals surface area contributed by atoms with Crippen molar-refractivity contribution in [2.75, 3.05) is 18.5 Å². The quantitative estimate of drug-likeness (QED) is 0.313. The van der Waals surface area contributed by atoms with Gasteiger partial charge in [-0.3, -0.25) is 0 Å². The maximum Gasteiger partial charge on any atom is 0.345 e. The second kappa shape index (κ2) is 9.01. The zero-order valence-corrected chi connectivity index (χ0v) is 17.8. The van der Waals surface area contributed by atoms with Gasteiger partial charge in [0.05, 0.1) is 30.0 Å². The molecule has 0 aliphatic heterocycles. The van der Waals surface area contributed by atoms with Crippen LogP contribution in [0, 0.1) is 0 Å². The summed E-state index contributed by atoms with van der Waals surface area (Å²) in [6.45, 7) is 4.45. The SMILES string of the molecule is CCOC(=O)c1ccc(Nc2nc(-c3cc4cccc(OCC)c4oc3=O)cs2)cc1. The number of carbonyl (C=O) groups excluding carboxylic acids is 1. The normalized spacial score (nSPS) is 10.8. The number of carbonyl (C=O) groups is 1. The summed E-state index contributed by atoms with van der Waals surface area (Å²) < 4.78 is 16.1. The van der Waals surface area contributed by atoms with Gasteiger partial charge in [-0.15, -0.1) is 11.3 Å². The number of nitrogens with zero attached hydrogens (tertiary/aromatic N) is 1. The van der Waals surface area contributed by atoms with Crippen molar-refractivity contribution >= 4 is 39.1 Å². The van der Waals surface area contributed by atoms with Gasteiger partial charge in [0, 0.05) is 16.5 Å².